The highest BCUT2D eigenvalue weighted by Gasteiger charge is 2.34. The summed E-state index contributed by atoms with van der Waals surface area (Å²) in [6, 6.07) is 0.172. The summed E-state index contributed by atoms with van der Waals surface area (Å²) >= 11 is 3.66. The summed E-state index contributed by atoms with van der Waals surface area (Å²) in [4.78, 5) is 0. The zero-order chi connectivity index (χ0) is 15.6. The van der Waals surface area contributed by atoms with E-state index in [-0.39, 0.29) is 12.0 Å². The van der Waals surface area contributed by atoms with Crippen LogP contribution < -0.4 is 5.32 Å². The van der Waals surface area contributed by atoms with Crippen LogP contribution >= 0.6 is 15.9 Å². The highest BCUT2D eigenvalue weighted by molar-refractivity contribution is 9.10. The van der Waals surface area contributed by atoms with E-state index in [0.29, 0.717) is 11.5 Å². The first-order valence-electron chi connectivity index (χ1n) is 7.53. The fourth-order valence-corrected chi connectivity index (χ4v) is 5.67. The maximum Gasteiger partial charge on any atom is 0.150 e. The van der Waals surface area contributed by atoms with E-state index in [2.05, 4.69) is 40.2 Å². The molecule has 0 amide bonds. The van der Waals surface area contributed by atoms with Crippen molar-refractivity contribution in [3.05, 3.63) is 15.9 Å². The molecule has 0 bridgehead atoms. The Balaban J connectivity index is 2.21. The largest absolute Gasteiger partial charge is 0.316 e. The molecular weight excluding hydrogens is 354 g/mol. The minimum Gasteiger partial charge on any atom is -0.316 e. The van der Waals surface area contributed by atoms with Crippen LogP contribution in [0.3, 0.4) is 0 Å². The van der Waals surface area contributed by atoms with E-state index in [1.807, 2.05) is 11.7 Å². The van der Waals surface area contributed by atoms with Gasteiger partial charge in [0.25, 0.3) is 0 Å². The molecule has 1 aliphatic rings. The first kappa shape index (κ1) is 17.0. The molecule has 120 valence electrons. The van der Waals surface area contributed by atoms with Crippen molar-refractivity contribution >= 4 is 25.8 Å². The average molecular weight is 378 g/mol. The standard InChI is InChI=1S/C14H24BrN3O2S/c1-4-11-14(15)13(18(5-2)17-11)8-12(16-3)10-6-7-21(19,20)9-10/h10,12,16H,4-9H2,1-3H3. The SMILES string of the molecule is CCc1nn(CC)c(CC(NC)C2CCS(=O)(=O)C2)c1Br. The molecule has 0 spiro atoms. The molecule has 2 heterocycles. The van der Waals surface area contributed by atoms with E-state index in [4.69, 9.17) is 0 Å². The number of aryl methyl sites for hydroxylation is 2. The van der Waals surface area contributed by atoms with Crippen molar-refractivity contribution in [3.63, 3.8) is 0 Å². The molecule has 2 atom stereocenters. The lowest BCUT2D eigenvalue weighted by atomic mass is 9.95. The average Bonchev–Trinajstić information content (AvgIpc) is 2.96. The maximum atomic E-state index is 11.7. The summed E-state index contributed by atoms with van der Waals surface area (Å²) in [7, 11) is -0.929. The Labute approximate surface area is 135 Å². The van der Waals surface area contributed by atoms with Crippen LogP contribution in [0.15, 0.2) is 4.47 Å². The van der Waals surface area contributed by atoms with Gasteiger partial charge in [0.1, 0.15) is 0 Å². The molecule has 2 rings (SSSR count). The minimum atomic E-state index is -2.84. The Morgan fingerprint density at radius 1 is 1.48 bits per heavy atom. The van der Waals surface area contributed by atoms with Crippen molar-refractivity contribution in [2.45, 2.75) is 45.7 Å². The van der Waals surface area contributed by atoms with Crippen molar-refractivity contribution in [3.8, 4) is 0 Å². The van der Waals surface area contributed by atoms with Gasteiger partial charge in [-0.1, -0.05) is 6.92 Å². The van der Waals surface area contributed by atoms with Crippen LogP contribution in [0.2, 0.25) is 0 Å². The second-order valence-corrected chi connectivity index (χ2v) is 8.66. The van der Waals surface area contributed by atoms with Gasteiger partial charge < -0.3 is 5.32 Å². The third-order valence-corrected chi connectivity index (χ3v) is 7.02. The van der Waals surface area contributed by atoms with Crippen LogP contribution in [0.5, 0.6) is 0 Å². The van der Waals surface area contributed by atoms with E-state index < -0.39 is 9.84 Å². The van der Waals surface area contributed by atoms with Gasteiger partial charge in [-0.25, -0.2) is 8.42 Å². The van der Waals surface area contributed by atoms with Crippen LogP contribution in [0.4, 0.5) is 0 Å². The first-order chi connectivity index (χ1) is 9.91. The molecule has 1 N–H and O–H groups in total. The molecule has 1 aromatic rings. The van der Waals surface area contributed by atoms with Gasteiger partial charge in [0.15, 0.2) is 9.84 Å². The number of nitrogens with one attached hydrogen (secondary N) is 1. The van der Waals surface area contributed by atoms with Gasteiger partial charge in [0.2, 0.25) is 0 Å². The van der Waals surface area contributed by atoms with Gasteiger partial charge in [-0.15, -0.1) is 0 Å². The summed E-state index contributed by atoms with van der Waals surface area (Å²) in [6.07, 6.45) is 2.45. The van der Waals surface area contributed by atoms with Gasteiger partial charge in [-0.05, 0) is 48.7 Å². The van der Waals surface area contributed by atoms with Crippen LogP contribution in [0, 0.1) is 5.92 Å². The number of nitrogens with zero attached hydrogens (tertiary/aromatic N) is 2. The van der Waals surface area contributed by atoms with Gasteiger partial charge in [0, 0.05) is 19.0 Å². The van der Waals surface area contributed by atoms with Crippen LogP contribution in [0.1, 0.15) is 31.7 Å². The number of likely N-dealkylation sites (N-methyl/N-ethyl adjacent to an activating group) is 1. The molecule has 0 radical (unpaired) electrons. The molecule has 21 heavy (non-hydrogen) atoms. The monoisotopic (exact) mass is 377 g/mol. The predicted molar refractivity (Wildman–Crippen MR) is 88.3 cm³/mol. The summed E-state index contributed by atoms with van der Waals surface area (Å²) < 4.78 is 26.5. The quantitative estimate of drug-likeness (QED) is 0.820. The first-order valence-corrected chi connectivity index (χ1v) is 10.1. The second kappa shape index (κ2) is 6.79. The van der Waals surface area contributed by atoms with Crippen LogP contribution in [-0.4, -0.2) is 42.8 Å². The van der Waals surface area contributed by atoms with Gasteiger partial charge >= 0.3 is 0 Å². The number of halogens is 1. The maximum absolute atomic E-state index is 11.7. The van der Waals surface area contributed by atoms with Crippen LogP contribution in [0.25, 0.3) is 0 Å². The Bertz CT molecular complexity index is 598. The highest BCUT2D eigenvalue weighted by Crippen LogP contribution is 2.28. The third kappa shape index (κ3) is 3.68. The lowest BCUT2D eigenvalue weighted by molar-refractivity contribution is 0.392. The fraction of sp³-hybridized carbons (Fsp3) is 0.786. The van der Waals surface area contributed by atoms with E-state index in [0.717, 1.165) is 41.7 Å². The number of aromatic nitrogens is 2. The van der Waals surface area contributed by atoms with Crippen molar-refractivity contribution in [2.24, 2.45) is 5.92 Å². The lowest BCUT2D eigenvalue weighted by Crippen LogP contribution is -2.37. The van der Waals surface area contributed by atoms with Gasteiger partial charge in [0.05, 0.1) is 27.4 Å². The van der Waals surface area contributed by atoms with E-state index >= 15 is 0 Å². The van der Waals surface area contributed by atoms with E-state index in [9.17, 15) is 8.42 Å². The van der Waals surface area contributed by atoms with E-state index in [1.165, 1.54) is 0 Å². The summed E-state index contributed by atoms with van der Waals surface area (Å²) in [5.74, 6) is 0.818. The summed E-state index contributed by atoms with van der Waals surface area (Å²) in [5.41, 5.74) is 2.23. The topological polar surface area (TPSA) is 64.0 Å². The molecule has 7 heteroatoms. The Morgan fingerprint density at radius 3 is 2.67 bits per heavy atom. The van der Waals surface area contributed by atoms with Crippen molar-refractivity contribution < 1.29 is 8.42 Å². The van der Waals surface area contributed by atoms with Gasteiger partial charge in [-0.2, -0.15) is 5.10 Å². The predicted octanol–water partition coefficient (Wildman–Crippen LogP) is 1.79. The minimum absolute atomic E-state index is 0.172. The molecule has 0 saturated carbocycles. The zero-order valence-corrected chi connectivity index (χ0v) is 15.3. The Hall–Kier alpha value is -0.400. The Kier molecular flexibility index (Phi) is 5.48. The molecule has 1 aliphatic heterocycles. The van der Waals surface area contributed by atoms with Crippen molar-refractivity contribution in [2.75, 3.05) is 18.6 Å². The number of sulfone groups is 1. The smallest absolute Gasteiger partial charge is 0.150 e. The van der Waals surface area contributed by atoms with Crippen LogP contribution in [-0.2, 0) is 29.2 Å². The number of hydrogen-bond acceptors (Lipinski definition) is 4. The summed E-state index contributed by atoms with van der Waals surface area (Å²) in [6.45, 7) is 5.00. The molecule has 5 nitrogen and oxygen atoms in total. The summed E-state index contributed by atoms with van der Waals surface area (Å²) in [5, 5.41) is 7.92. The molecule has 0 aromatic carbocycles. The Morgan fingerprint density at radius 2 is 2.19 bits per heavy atom. The van der Waals surface area contributed by atoms with E-state index in [1.54, 1.807) is 0 Å². The number of hydrogen-bond donors (Lipinski definition) is 1. The van der Waals surface area contributed by atoms with Gasteiger partial charge in [-0.3, -0.25) is 4.68 Å². The lowest BCUT2D eigenvalue weighted by Gasteiger charge is -2.22. The third-order valence-electron chi connectivity index (χ3n) is 4.31. The molecule has 0 aliphatic carbocycles. The highest BCUT2D eigenvalue weighted by atomic mass is 79.9. The molecule has 1 aromatic heterocycles. The normalized spacial score (nSPS) is 22.6. The molecular formula is C14H24BrN3O2S. The molecule has 1 saturated heterocycles. The fourth-order valence-electron chi connectivity index (χ4n) is 3.07. The van der Waals surface area contributed by atoms with Crippen molar-refractivity contribution in [1.82, 2.24) is 15.1 Å². The number of rotatable bonds is 6. The molecule has 2 unspecified atom stereocenters. The zero-order valence-electron chi connectivity index (χ0n) is 12.9. The molecule has 1 fully saturated rings. The second-order valence-electron chi connectivity index (χ2n) is 5.64. The van der Waals surface area contributed by atoms with Crippen molar-refractivity contribution in [1.29, 1.82) is 0 Å².